The van der Waals surface area contributed by atoms with Crippen molar-refractivity contribution in [1.82, 2.24) is 9.55 Å². The molecule has 0 bridgehead atoms. The molecule has 0 spiro atoms. The number of halogens is 1. The third-order valence-electron chi connectivity index (χ3n) is 6.07. The molecule has 1 unspecified atom stereocenters. The number of benzene rings is 3. The summed E-state index contributed by atoms with van der Waals surface area (Å²) in [6.07, 6.45) is 5.68. The summed E-state index contributed by atoms with van der Waals surface area (Å²) in [4.78, 5) is 4.90. The summed E-state index contributed by atoms with van der Waals surface area (Å²) in [5, 5.41) is 0.732. The fraction of sp³-hybridized carbons (Fsp3) is 0.300. The molecule has 1 atom stereocenters. The smallest absolute Gasteiger partial charge is 0.161 e. The molecule has 5 nitrogen and oxygen atoms in total. The van der Waals surface area contributed by atoms with Gasteiger partial charge in [-0.15, -0.1) is 0 Å². The number of rotatable bonds is 11. The predicted molar refractivity (Wildman–Crippen MR) is 147 cm³/mol. The molecule has 3 aromatic carbocycles. The van der Waals surface area contributed by atoms with Gasteiger partial charge in [-0.1, -0.05) is 42.0 Å². The largest absolute Gasteiger partial charge is 0.493 e. The Morgan fingerprint density at radius 1 is 1.03 bits per heavy atom. The maximum Gasteiger partial charge on any atom is 0.161 e. The van der Waals surface area contributed by atoms with Crippen LogP contribution in [-0.2, 0) is 6.54 Å². The number of unbranched alkanes of at least 4 members (excludes halogenated alkanes) is 1. The van der Waals surface area contributed by atoms with E-state index in [9.17, 15) is 0 Å². The summed E-state index contributed by atoms with van der Waals surface area (Å²) >= 11 is 6.18. The number of ether oxygens (including phenoxy) is 3. The highest BCUT2D eigenvalue weighted by Gasteiger charge is 2.18. The average molecular weight is 505 g/mol. The lowest BCUT2D eigenvalue weighted by molar-refractivity contribution is 0.210. The van der Waals surface area contributed by atoms with Crippen molar-refractivity contribution in [1.29, 1.82) is 0 Å². The normalized spacial score (nSPS) is 12.2. The van der Waals surface area contributed by atoms with E-state index in [-0.39, 0.29) is 6.10 Å². The van der Waals surface area contributed by atoms with E-state index >= 15 is 0 Å². The number of methoxy groups -OCH3 is 1. The highest BCUT2D eigenvalue weighted by atomic mass is 35.5. The lowest BCUT2D eigenvalue weighted by Gasteiger charge is -2.17. The van der Waals surface area contributed by atoms with Crippen LogP contribution in [0.3, 0.4) is 0 Å². The molecule has 0 fully saturated rings. The predicted octanol–water partition coefficient (Wildman–Crippen LogP) is 8.04. The minimum absolute atomic E-state index is 0.214. The minimum atomic E-state index is -0.214. The number of hydrogen-bond acceptors (Lipinski definition) is 4. The van der Waals surface area contributed by atoms with E-state index in [1.165, 1.54) is 0 Å². The van der Waals surface area contributed by atoms with Crippen LogP contribution in [0.2, 0.25) is 5.02 Å². The first kappa shape index (κ1) is 25.6. The van der Waals surface area contributed by atoms with Crippen LogP contribution in [0.15, 0.2) is 66.7 Å². The third-order valence-corrected chi connectivity index (χ3v) is 6.49. The Bertz CT molecular complexity index is 1350. The Kier molecular flexibility index (Phi) is 8.55. The zero-order valence-corrected chi connectivity index (χ0v) is 22.1. The molecule has 0 saturated carbocycles. The van der Waals surface area contributed by atoms with E-state index in [1.54, 1.807) is 7.11 Å². The number of nitrogens with zero attached hydrogens (tertiary/aromatic N) is 2. The van der Waals surface area contributed by atoms with Crippen molar-refractivity contribution in [3.8, 4) is 17.2 Å². The Morgan fingerprint density at radius 3 is 2.64 bits per heavy atom. The van der Waals surface area contributed by atoms with E-state index in [4.69, 9.17) is 30.8 Å². The highest BCUT2D eigenvalue weighted by Crippen LogP contribution is 2.30. The standard InChI is InChI=1S/C30H33ClN2O3/c1-5-10-23-13-16-28(29(20-23)34-4)35-18-9-8-17-33-27-12-7-6-11-26(27)32-30(33)22(3)36-24-14-15-25(31)21(2)19-24/h5-7,10-16,19-20,22H,8-9,17-18H2,1-4H3/b10-5+. The Balaban J connectivity index is 1.42. The van der Waals surface area contributed by atoms with Gasteiger partial charge in [0.05, 0.1) is 24.8 Å². The van der Waals surface area contributed by atoms with Gasteiger partial charge in [0.25, 0.3) is 0 Å². The van der Waals surface area contributed by atoms with Crippen molar-refractivity contribution in [2.75, 3.05) is 13.7 Å². The minimum Gasteiger partial charge on any atom is -0.493 e. The molecule has 0 radical (unpaired) electrons. The molecule has 0 aliphatic carbocycles. The van der Waals surface area contributed by atoms with Crippen molar-refractivity contribution in [2.24, 2.45) is 0 Å². The number of imidazole rings is 1. The number of allylic oxidation sites excluding steroid dienone is 1. The number of aryl methyl sites for hydroxylation is 2. The molecule has 36 heavy (non-hydrogen) atoms. The Morgan fingerprint density at radius 2 is 1.86 bits per heavy atom. The molecule has 4 aromatic rings. The lowest BCUT2D eigenvalue weighted by atomic mass is 10.2. The lowest BCUT2D eigenvalue weighted by Crippen LogP contribution is -2.13. The fourth-order valence-electron chi connectivity index (χ4n) is 4.24. The van der Waals surface area contributed by atoms with Crippen molar-refractivity contribution >= 4 is 28.7 Å². The molecule has 0 N–H and O–H groups in total. The van der Waals surface area contributed by atoms with Gasteiger partial charge in [-0.2, -0.15) is 0 Å². The van der Waals surface area contributed by atoms with Crippen LogP contribution in [0.4, 0.5) is 0 Å². The monoisotopic (exact) mass is 504 g/mol. The summed E-state index contributed by atoms with van der Waals surface area (Å²) in [7, 11) is 1.67. The molecule has 0 saturated heterocycles. The molecule has 1 aromatic heterocycles. The first-order valence-corrected chi connectivity index (χ1v) is 12.7. The molecule has 4 rings (SSSR count). The molecular formula is C30H33ClN2O3. The van der Waals surface area contributed by atoms with E-state index in [2.05, 4.69) is 10.6 Å². The van der Waals surface area contributed by atoms with Crippen LogP contribution in [0.1, 0.15) is 49.7 Å². The topological polar surface area (TPSA) is 45.5 Å². The SMILES string of the molecule is C/C=C/c1ccc(OCCCCn2c(C(C)Oc3ccc(Cl)c(C)c3)nc3ccccc32)c(OC)c1. The number of aromatic nitrogens is 2. The van der Waals surface area contributed by atoms with Gasteiger partial charge in [-0.3, -0.25) is 0 Å². The fourth-order valence-corrected chi connectivity index (χ4v) is 4.36. The van der Waals surface area contributed by atoms with E-state index in [0.717, 1.165) is 69.6 Å². The number of fused-ring (bicyclic) bond motifs is 1. The van der Waals surface area contributed by atoms with Crippen LogP contribution < -0.4 is 14.2 Å². The zero-order valence-electron chi connectivity index (χ0n) is 21.3. The van der Waals surface area contributed by atoms with Gasteiger partial charge in [0, 0.05) is 11.6 Å². The third kappa shape index (κ3) is 6.03. The maximum absolute atomic E-state index is 6.26. The summed E-state index contributed by atoms with van der Waals surface area (Å²) in [6.45, 7) is 7.44. The Labute approximate surface area is 218 Å². The van der Waals surface area contributed by atoms with Crippen molar-refractivity contribution in [3.63, 3.8) is 0 Å². The average Bonchev–Trinajstić information content (AvgIpc) is 3.25. The second kappa shape index (κ2) is 12.0. The van der Waals surface area contributed by atoms with Crippen LogP contribution in [0.5, 0.6) is 17.2 Å². The maximum atomic E-state index is 6.26. The van der Waals surface area contributed by atoms with Crippen molar-refractivity contribution in [2.45, 2.75) is 46.3 Å². The van der Waals surface area contributed by atoms with E-state index in [0.29, 0.717) is 6.61 Å². The van der Waals surface area contributed by atoms with E-state index in [1.807, 2.05) is 87.5 Å². The van der Waals surface area contributed by atoms with Gasteiger partial charge in [0.2, 0.25) is 0 Å². The van der Waals surface area contributed by atoms with Crippen molar-refractivity contribution in [3.05, 3.63) is 88.7 Å². The summed E-state index contributed by atoms with van der Waals surface area (Å²) in [6, 6.07) is 19.9. The van der Waals surface area contributed by atoms with Crippen LogP contribution in [-0.4, -0.2) is 23.3 Å². The van der Waals surface area contributed by atoms with E-state index < -0.39 is 0 Å². The molecule has 6 heteroatoms. The molecule has 188 valence electrons. The van der Waals surface area contributed by atoms with Crippen LogP contribution >= 0.6 is 11.6 Å². The van der Waals surface area contributed by atoms with Gasteiger partial charge in [0.1, 0.15) is 5.75 Å². The quantitative estimate of drug-likeness (QED) is 0.194. The highest BCUT2D eigenvalue weighted by molar-refractivity contribution is 6.31. The Hall–Kier alpha value is -3.44. The zero-order chi connectivity index (χ0) is 25.5. The molecular weight excluding hydrogens is 472 g/mol. The first-order chi connectivity index (χ1) is 17.5. The van der Waals surface area contributed by atoms with Gasteiger partial charge in [-0.25, -0.2) is 4.98 Å². The molecule has 1 heterocycles. The van der Waals surface area contributed by atoms with Gasteiger partial charge in [0.15, 0.2) is 23.4 Å². The first-order valence-electron chi connectivity index (χ1n) is 12.3. The number of hydrogen-bond donors (Lipinski definition) is 0. The van der Waals surface area contributed by atoms with Gasteiger partial charge < -0.3 is 18.8 Å². The number of para-hydroxylation sites is 2. The summed E-state index contributed by atoms with van der Waals surface area (Å²) < 4.78 is 20.1. The second-order valence-electron chi connectivity index (χ2n) is 8.75. The van der Waals surface area contributed by atoms with Crippen LogP contribution in [0, 0.1) is 6.92 Å². The molecule has 0 amide bonds. The molecule has 0 aliphatic heterocycles. The summed E-state index contributed by atoms with van der Waals surface area (Å²) in [5.41, 5.74) is 4.16. The second-order valence-corrected chi connectivity index (χ2v) is 9.15. The molecule has 0 aliphatic rings. The van der Waals surface area contributed by atoms with Crippen LogP contribution in [0.25, 0.3) is 17.1 Å². The van der Waals surface area contributed by atoms with Crippen molar-refractivity contribution < 1.29 is 14.2 Å². The van der Waals surface area contributed by atoms with Gasteiger partial charge in [-0.05, 0) is 87.2 Å². The van der Waals surface area contributed by atoms with Gasteiger partial charge >= 0.3 is 0 Å². The summed E-state index contributed by atoms with van der Waals surface area (Å²) in [5.74, 6) is 3.20.